The molecule has 1 unspecified atom stereocenters. The van der Waals surface area contributed by atoms with E-state index in [9.17, 15) is 9.90 Å². The summed E-state index contributed by atoms with van der Waals surface area (Å²) in [7, 11) is 1.59. The molecular formula is C17H24O4. The first-order valence-corrected chi connectivity index (χ1v) is 7.37. The first-order valence-electron chi connectivity index (χ1n) is 7.37. The van der Waals surface area contributed by atoms with Gasteiger partial charge in [-0.05, 0) is 36.3 Å². The first kappa shape index (κ1) is 15.7. The summed E-state index contributed by atoms with van der Waals surface area (Å²) in [6.45, 7) is 6.07. The number of carboxylic acids is 1. The molecule has 2 N–H and O–H groups in total. The number of aliphatic carboxylic acids is 1. The molecule has 1 saturated carbocycles. The van der Waals surface area contributed by atoms with Gasteiger partial charge in [0.15, 0.2) is 0 Å². The fourth-order valence-corrected chi connectivity index (χ4v) is 2.82. The van der Waals surface area contributed by atoms with Crippen LogP contribution in [0, 0.1) is 5.92 Å². The summed E-state index contributed by atoms with van der Waals surface area (Å²) >= 11 is 0. The third kappa shape index (κ3) is 3.49. The van der Waals surface area contributed by atoms with E-state index < -0.39 is 5.97 Å². The van der Waals surface area contributed by atoms with Crippen molar-refractivity contribution in [1.82, 2.24) is 0 Å². The molecule has 0 bridgehead atoms. The molecule has 0 aliphatic heterocycles. The van der Waals surface area contributed by atoms with E-state index in [1.165, 1.54) is 0 Å². The van der Waals surface area contributed by atoms with Gasteiger partial charge in [0.1, 0.15) is 11.5 Å². The molecule has 0 radical (unpaired) electrons. The Kier molecular flexibility index (Phi) is 4.17. The zero-order chi connectivity index (χ0) is 15.8. The van der Waals surface area contributed by atoms with Crippen molar-refractivity contribution in [1.29, 1.82) is 0 Å². The van der Waals surface area contributed by atoms with E-state index in [1.807, 2.05) is 26.8 Å². The van der Waals surface area contributed by atoms with Gasteiger partial charge in [0.05, 0.1) is 13.5 Å². The van der Waals surface area contributed by atoms with Gasteiger partial charge in [0.25, 0.3) is 0 Å². The fourth-order valence-electron chi connectivity index (χ4n) is 2.82. The van der Waals surface area contributed by atoms with Gasteiger partial charge in [-0.3, -0.25) is 4.79 Å². The second kappa shape index (κ2) is 5.58. The second-order valence-electron chi connectivity index (χ2n) is 6.90. The van der Waals surface area contributed by atoms with E-state index in [2.05, 4.69) is 0 Å². The maximum atomic E-state index is 11.1. The van der Waals surface area contributed by atoms with Gasteiger partial charge in [-0.25, -0.2) is 0 Å². The number of phenols is 1. The lowest BCUT2D eigenvalue weighted by Crippen LogP contribution is -2.15. The monoisotopic (exact) mass is 292 g/mol. The third-order valence-electron chi connectivity index (χ3n) is 4.14. The lowest BCUT2D eigenvalue weighted by atomic mass is 9.81. The average molecular weight is 292 g/mol. The van der Waals surface area contributed by atoms with Crippen LogP contribution in [0.1, 0.15) is 57.1 Å². The third-order valence-corrected chi connectivity index (χ3v) is 4.14. The number of methoxy groups -OCH3 is 1. The smallest absolute Gasteiger partial charge is 0.303 e. The van der Waals surface area contributed by atoms with Crippen LogP contribution in [0.15, 0.2) is 12.1 Å². The van der Waals surface area contributed by atoms with Gasteiger partial charge in [0, 0.05) is 17.0 Å². The Bertz CT molecular complexity index is 538. The Balaban J connectivity index is 2.52. The minimum atomic E-state index is -0.827. The van der Waals surface area contributed by atoms with Crippen molar-refractivity contribution in [2.45, 2.75) is 51.4 Å². The van der Waals surface area contributed by atoms with E-state index in [4.69, 9.17) is 9.84 Å². The Morgan fingerprint density at radius 2 is 2.00 bits per heavy atom. The Morgan fingerprint density at radius 1 is 1.38 bits per heavy atom. The Hall–Kier alpha value is -1.71. The quantitative estimate of drug-likeness (QED) is 0.869. The minimum Gasteiger partial charge on any atom is -0.507 e. The number of carboxylic acid groups (broad SMARTS) is 1. The molecule has 1 fully saturated rings. The molecule has 0 amide bonds. The first-order chi connectivity index (χ1) is 9.74. The molecule has 21 heavy (non-hydrogen) atoms. The Morgan fingerprint density at radius 3 is 2.43 bits per heavy atom. The predicted molar refractivity (Wildman–Crippen MR) is 81.1 cm³/mol. The SMILES string of the molecule is COc1cc(C(CC(=O)O)C2CC2)c(O)c(C(C)(C)C)c1. The maximum absolute atomic E-state index is 11.1. The van der Waals surface area contributed by atoms with Gasteiger partial charge in [-0.2, -0.15) is 0 Å². The highest BCUT2D eigenvalue weighted by Gasteiger charge is 2.36. The summed E-state index contributed by atoms with van der Waals surface area (Å²) in [6, 6.07) is 3.63. The molecule has 2 rings (SSSR count). The van der Waals surface area contributed by atoms with Crippen LogP contribution < -0.4 is 4.74 Å². The lowest BCUT2D eigenvalue weighted by Gasteiger charge is -2.25. The lowest BCUT2D eigenvalue weighted by molar-refractivity contribution is -0.137. The molecule has 1 atom stereocenters. The van der Waals surface area contributed by atoms with Gasteiger partial charge >= 0.3 is 5.97 Å². The fraction of sp³-hybridized carbons (Fsp3) is 0.588. The zero-order valence-electron chi connectivity index (χ0n) is 13.1. The normalized spacial score (nSPS) is 16.6. The van der Waals surface area contributed by atoms with Gasteiger partial charge < -0.3 is 14.9 Å². The van der Waals surface area contributed by atoms with E-state index in [0.717, 1.165) is 18.4 Å². The number of aromatic hydroxyl groups is 1. The van der Waals surface area contributed by atoms with E-state index in [0.29, 0.717) is 17.2 Å². The molecule has 1 aromatic carbocycles. The molecule has 1 aromatic rings. The largest absolute Gasteiger partial charge is 0.507 e. The number of ether oxygens (including phenoxy) is 1. The summed E-state index contributed by atoms with van der Waals surface area (Å²) in [5.74, 6) is 0.280. The highest BCUT2D eigenvalue weighted by atomic mass is 16.5. The summed E-state index contributed by atoms with van der Waals surface area (Å²) in [5, 5.41) is 19.8. The van der Waals surface area contributed by atoms with Crippen LogP contribution >= 0.6 is 0 Å². The molecule has 0 aromatic heterocycles. The summed E-state index contributed by atoms with van der Waals surface area (Å²) in [6.07, 6.45) is 2.11. The standard InChI is InChI=1S/C17H24O4/c1-17(2,3)14-8-11(21-4)7-13(16(14)20)12(9-15(18)19)10-5-6-10/h7-8,10,12,20H,5-6,9H2,1-4H3,(H,18,19). The zero-order valence-corrected chi connectivity index (χ0v) is 13.1. The molecule has 4 heteroatoms. The predicted octanol–water partition coefficient (Wildman–Crippen LogP) is 3.67. The van der Waals surface area contributed by atoms with Crippen LogP contribution in [-0.2, 0) is 10.2 Å². The van der Waals surface area contributed by atoms with Gasteiger partial charge in [0.2, 0.25) is 0 Å². The van der Waals surface area contributed by atoms with E-state index in [-0.39, 0.29) is 23.5 Å². The number of rotatable bonds is 5. The molecule has 1 aliphatic carbocycles. The molecule has 1 aliphatic rings. The van der Waals surface area contributed by atoms with Crippen LogP contribution in [0.25, 0.3) is 0 Å². The minimum absolute atomic E-state index is 0.0506. The number of carbonyl (C=O) groups is 1. The Labute approximate surface area is 125 Å². The van der Waals surface area contributed by atoms with Crippen molar-refractivity contribution in [3.8, 4) is 11.5 Å². The molecule has 4 nitrogen and oxygen atoms in total. The molecule has 116 valence electrons. The van der Waals surface area contributed by atoms with Crippen molar-refractivity contribution < 1.29 is 19.7 Å². The van der Waals surface area contributed by atoms with Gasteiger partial charge in [-0.15, -0.1) is 0 Å². The van der Waals surface area contributed by atoms with Crippen molar-refractivity contribution in [2.75, 3.05) is 7.11 Å². The van der Waals surface area contributed by atoms with Crippen LogP contribution in [0.2, 0.25) is 0 Å². The topological polar surface area (TPSA) is 66.8 Å². The highest BCUT2D eigenvalue weighted by Crippen LogP contribution is 2.49. The molecular weight excluding hydrogens is 268 g/mol. The maximum Gasteiger partial charge on any atom is 0.303 e. The second-order valence-corrected chi connectivity index (χ2v) is 6.90. The van der Waals surface area contributed by atoms with E-state index >= 15 is 0 Å². The van der Waals surface area contributed by atoms with Crippen molar-refractivity contribution in [3.05, 3.63) is 23.3 Å². The summed E-state index contributed by atoms with van der Waals surface area (Å²) in [4.78, 5) is 11.1. The number of hydrogen-bond donors (Lipinski definition) is 2. The average Bonchev–Trinajstić information content (AvgIpc) is 3.19. The summed E-state index contributed by atoms with van der Waals surface area (Å²) in [5.41, 5.74) is 1.28. The van der Waals surface area contributed by atoms with Crippen LogP contribution in [0.4, 0.5) is 0 Å². The van der Waals surface area contributed by atoms with Crippen LogP contribution in [0.3, 0.4) is 0 Å². The van der Waals surface area contributed by atoms with Crippen molar-refractivity contribution >= 4 is 5.97 Å². The molecule has 0 saturated heterocycles. The highest BCUT2D eigenvalue weighted by molar-refractivity contribution is 5.69. The van der Waals surface area contributed by atoms with E-state index in [1.54, 1.807) is 13.2 Å². The molecule has 0 heterocycles. The number of phenolic OH excluding ortho intramolecular Hbond substituents is 1. The summed E-state index contributed by atoms with van der Waals surface area (Å²) < 4.78 is 5.34. The number of hydrogen-bond acceptors (Lipinski definition) is 3. The van der Waals surface area contributed by atoms with Crippen LogP contribution in [0.5, 0.6) is 11.5 Å². The van der Waals surface area contributed by atoms with Crippen molar-refractivity contribution in [2.24, 2.45) is 5.92 Å². The number of benzene rings is 1. The van der Waals surface area contributed by atoms with Gasteiger partial charge in [-0.1, -0.05) is 20.8 Å². The molecule has 0 spiro atoms. The van der Waals surface area contributed by atoms with Crippen molar-refractivity contribution in [3.63, 3.8) is 0 Å². The van der Waals surface area contributed by atoms with Crippen LogP contribution in [-0.4, -0.2) is 23.3 Å².